The highest BCUT2D eigenvalue weighted by molar-refractivity contribution is 8.76. The summed E-state index contributed by atoms with van der Waals surface area (Å²) in [6, 6.07) is -1.84. The molecule has 0 saturated heterocycles. The Morgan fingerprint density at radius 3 is 2.11 bits per heavy atom. The monoisotopic (exact) mass is 310 g/mol. The molecule has 9 heteroatoms. The van der Waals surface area contributed by atoms with Gasteiger partial charge in [-0.05, 0) is 6.92 Å². The van der Waals surface area contributed by atoms with E-state index in [1.165, 1.54) is 35.4 Å². The number of carbonyl (C=O) groups is 3. The normalized spacial score (nSPS) is 15.4. The van der Waals surface area contributed by atoms with Gasteiger partial charge < -0.3 is 21.3 Å². The second-order valence-corrected chi connectivity index (χ2v) is 6.35. The molecule has 0 bridgehead atoms. The lowest BCUT2D eigenvalue weighted by atomic mass is 10.1. The van der Waals surface area contributed by atoms with E-state index in [0.717, 1.165) is 0 Å². The van der Waals surface area contributed by atoms with Crippen LogP contribution in [0.2, 0.25) is 0 Å². The second kappa shape index (κ2) is 9.18. The minimum atomic E-state index is -1.08. The maximum Gasteiger partial charge on any atom is 0.321 e. The molecule has 0 aliphatic carbocycles. The zero-order chi connectivity index (χ0) is 15.0. The number of hydrogen-bond acceptors (Lipinski definition) is 8. The average Bonchev–Trinajstić information content (AvgIpc) is 2.30. The summed E-state index contributed by atoms with van der Waals surface area (Å²) in [6.45, 7) is 2.55. The van der Waals surface area contributed by atoms with Crippen LogP contribution in [0.5, 0.6) is 0 Å². The van der Waals surface area contributed by atoms with Gasteiger partial charge in [0.25, 0.3) is 0 Å². The smallest absolute Gasteiger partial charge is 0.321 e. The predicted octanol–water partition coefficient (Wildman–Crippen LogP) is -0.372. The fraction of sp³-hybridized carbons (Fsp3) is 0.700. The molecule has 3 unspecified atom stereocenters. The molecule has 0 aromatic heterocycles. The molecular formula is C10H18N2O5S2. The van der Waals surface area contributed by atoms with Gasteiger partial charge in [-0.2, -0.15) is 0 Å². The molecule has 110 valence electrons. The van der Waals surface area contributed by atoms with Crippen molar-refractivity contribution < 1.29 is 24.2 Å². The van der Waals surface area contributed by atoms with Crippen molar-refractivity contribution in [3.63, 3.8) is 0 Å². The summed E-state index contributed by atoms with van der Waals surface area (Å²) in [7, 11) is 2.49. The first-order chi connectivity index (χ1) is 8.75. The number of carboxylic acids is 1. The quantitative estimate of drug-likeness (QED) is 0.296. The van der Waals surface area contributed by atoms with E-state index in [0.29, 0.717) is 0 Å². The largest absolute Gasteiger partial charge is 0.480 e. The van der Waals surface area contributed by atoms with Gasteiger partial charge >= 0.3 is 11.9 Å². The van der Waals surface area contributed by atoms with Crippen molar-refractivity contribution in [2.75, 3.05) is 11.5 Å². The standard InChI is InChI=1S/C10H18N2O5S2/c1-5(13)9(12)8(17-6(2)14)4-19-18-3-7(11)10(15)16/h7-9H,3-4,11-12H2,1-2H3,(H,15,16). The second-order valence-electron chi connectivity index (χ2n) is 3.80. The molecule has 0 radical (unpaired) electrons. The molecular weight excluding hydrogens is 292 g/mol. The van der Waals surface area contributed by atoms with Crippen molar-refractivity contribution in [3.8, 4) is 0 Å². The Morgan fingerprint density at radius 1 is 1.16 bits per heavy atom. The summed E-state index contributed by atoms with van der Waals surface area (Å²) in [4.78, 5) is 32.6. The molecule has 0 saturated carbocycles. The zero-order valence-electron chi connectivity index (χ0n) is 10.7. The molecule has 7 nitrogen and oxygen atoms in total. The minimum absolute atomic E-state index is 0.210. The Bertz CT molecular complexity index is 340. The number of hydrogen-bond donors (Lipinski definition) is 3. The molecule has 0 aromatic carbocycles. The number of ketones is 1. The van der Waals surface area contributed by atoms with E-state index in [4.69, 9.17) is 21.3 Å². The van der Waals surface area contributed by atoms with Crippen molar-refractivity contribution >= 4 is 39.3 Å². The van der Waals surface area contributed by atoms with Crippen LogP contribution in [-0.2, 0) is 19.1 Å². The lowest BCUT2D eigenvalue weighted by Gasteiger charge is -2.21. The molecule has 19 heavy (non-hydrogen) atoms. The molecule has 0 aromatic rings. The van der Waals surface area contributed by atoms with Crippen LogP contribution in [0.3, 0.4) is 0 Å². The van der Waals surface area contributed by atoms with E-state index in [9.17, 15) is 14.4 Å². The highest BCUT2D eigenvalue weighted by atomic mass is 33.1. The Morgan fingerprint density at radius 2 is 1.68 bits per heavy atom. The van der Waals surface area contributed by atoms with Crippen LogP contribution in [0.1, 0.15) is 13.8 Å². The number of carboxylic acid groups (broad SMARTS) is 1. The first-order valence-corrected chi connectivity index (χ1v) is 7.90. The topological polar surface area (TPSA) is 133 Å². The zero-order valence-corrected chi connectivity index (χ0v) is 12.3. The molecule has 0 spiro atoms. The molecule has 0 amide bonds. The summed E-state index contributed by atoms with van der Waals surface area (Å²) in [5.74, 6) is -1.38. The SMILES string of the molecule is CC(=O)OC(CSSCC(N)C(=O)O)C(N)C(C)=O. The van der Waals surface area contributed by atoms with Gasteiger partial charge in [-0.3, -0.25) is 14.4 Å². The van der Waals surface area contributed by atoms with E-state index in [1.54, 1.807) is 0 Å². The third-order valence-electron chi connectivity index (χ3n) is 2.07. The molecule has 0 fully saturated rings. The molecule has 0 aliphatic rings. The van der Waals surface area contributed by atoms with E-state index in [1.807, 2.05) is 0 Å². The number of rotatable bonds is 9. The van der Waals surface area contributed by atoms with Crippen molar-refractivity contribution in [1.82, 2.24) is 0 Å². The van der Waals surface area contributed by atoms with E-state index < -0.39 is 30.1 Å². The molecule has 0 heterocycles. The predicted molar refractivity (Wildman–Crippen MR) is 74.7 cm³/mol. The van der Waals surface area contributed by atoms with Gasteiger partial charge in [0.2, 0.25) is 0 Å². The first-order valence-electron chi connectivity index (χ1n) is 5.41. The summed E-state index contributed by atoms with van der Waals surface area (Å²) in [5, 5.41) is 8.59. The lowest BCUT2D eigenvalue weighted by Crippen LogP contribution is -2.44. The van der Waals surface area contributed by atoms with Gasteiger partial charge in [0, 0.05) is 18.4 Å². The Hall–Kier alpha value is -0.770. The van der Waals surface area contributed by atoms with E-state index >= 15 is 0 Å². The Labute approximate surface area is 119 Å². The maximum absolute atomic E-state index is 11.2. The maximum atomic E-state index is 11.2. The van der Waals surface area contributed by atoms with Crippen LogP contribution < -0.4 is 11.5 Å². The fourth-order valence-electron chi connectivity index (χ4n) is 0.994. The third-order valence-corrected chi connectivity index (χ3v) is 4.51. The van der Waals surface area contributed by atoms with Gasteiger partial charge in [0.1, 0.15) is 24.0 Å². The molecule has 5 N–H and O–H groups in total. The third kappa shape index (κ3) is 8.09. The first kappa shape index (κ1) is 18.2. The fourth-order valence-corrected chi connectivity index (χ4v) is 3.30. The van der Waals surface area contributed by atoms with Gasteiger partial charge in [-0.15, -0.1) is 0 Å². The summed E-state index contributed by atoms with van der Waals surface area (Å²) >= 11 is 0. The Balaban J connectivity index is 4.16. The van der Waals surface area contributed by atoms with Crippen molar-refractivity contribution in [2.45, 2.75) is 32.0 Å². The van der Waals surface area contributed by atoms with Crippen LogP contribution in [0.25, 0.3) is 0 Å². The van der Waals surface area contributed by atoms with Gasteiger partial charge in [-0.25, -0.2) is 0 Å². The van der Waals surface area contributed by atoms with Gasteiger partial charge in [0.05, 0.1) is 0 Å². The number of carbonyl (C=O) groups excluding carboxylic acids is 2. The van der Waals surface area contributed by atoms with Crippen LogP contribution in [0.4, 0.5) is 0 Å². The molecule has 3 atom stereocenters. The van der Waals surface area contributed by atoms with Gasteiger partial charge in [0.15, 0.2) is 0 Å². The Kier molecular flexibility index (Phi) is 8.81. The van der Waals surface area contributed by atoms with Crippen molar-refractivity contribution in [1.29, 1.82) is 0 Å². The summed E-state index contributed by atoms with van der Waals surface area (Å²) in [5.41, 5.74) is 11.0. The minimum Gasteiger partial charge on any atom is -0.480 e. The van der Waals surface area contributed by atoms with Crippen LogP contribution in [0, 0.1) is 0 Å². The van der Waals surface area contributed by atoms with E-state index in [2.05, 4.69) is 0 Å². The van der Waals surface area contributed by atoms with Crippen molar-refractivity contribution in [2.24, 2.45) is 11.5 Å². The molecule has 0 aliphatic heterocycles. The van der Waals surface area contributed by atoms with Gasteiger partial charge in [-0.1, -0.05) is 21.6 Å². The number of nitrogens with two attached hydrogens (primary N) is 2. The number of esters is 1. The van der Waals surface area contributed by atoms with Crippen molar-refractivity contribution in [3.05, 3.63) is 0 Å². The van der Waals surface area contributed by atoms with E-state index in [-0.39, 0.29) is 17.3 Å². The summed E-state index contributed by atoms with van der Waals surface area (Å²) < 4.78 is 4.96. The van der Waals surface area contributed by atoms with Crippen LogP contribution in [-0.4, -0.2) is 52.5 Å². The summed E-state index contributed by atoms with van der Waals surface area (Å²) in [6.07, 6.45) is -0.728. The average molecular weight is 310 g/mol. The lowest BCUT2D eigenvalue weighted by molar-refractivity contribution is -0.147. The number of aliphatic carboxylic acids is 1. The molecule has 0 rings (SSSR count). The highest BCUT2D eigenvalue weighted by Gasteiger charge is 2.25. The number of ether oxygens (including phenoxy) is 1. The van der Waals surface area contributed by atoms with Crippen LogP contribution >= 0.6 is 21.6 Å². The number of Topliss-reactive ketones (excluding diaryl/α,β-unsaturated/α-hetero) is 1. The highest BCUT2D eigenvalue weighted by Crippen LogP contribution is 2.24. The van der Waals surface area contributed by atoms with Crippen LogP contribution in [0.15, 0.2) is 0 Å².